The molecule has 27 heavy (non-hydrogen) atoms. The molecule has 0 aromatic heterocycles. The summed E-state index contributed by atoms with van der Waals surface area (Å²) in [6, 6.07) is 6.50. The van der Waals surface area contributed by atoms with Crippen molar-refractivity contribution < 1.29 is 9.18 Å². The Morgan fingerprint density at radius 2 is 2.11 bits per heavy atom. The molecule has 0 bridgehead atoms. The summed E-state index contributed by atoms with van der Waals surface area (Å²) in [5.74, 6) is 1.57. The van der Waals surface area contributed by atoms with Crippen molar-refractivity contribution >= 4 is 18.2 Å². The Balaban J connectivity index is 1.28. The van der Waals surface area contributed by atoms with Gasteiger partial charge in [-0.15, -0.1) is 0 Å². The molecule has 7 nitrogen and oxygen atoms in total. The number of nitrogens with zero attached hydrogens (tertiary/aromatic N) is 5. The summed E-state index contributed by atoms with van der Waals surface area (Å²) in [5, 5.41) is 2.86. The van der Waals surface area contributed by atoms with E-state index < -0.39 is 0 Å². The number of hydrogen-bond acceptors (Lipinski definition) is 5. The van der Waals surface area contributed by atoms with Gasteiger partial charge in [-0.1, -0.05) is 12.1 Å². The average molecular weight is 370 g/mol. The van der Waals surface area contributed by atoms with Crippen molar-refractivity contribution in [3.05, 3.63) is 47.5 Å². The van der Waals surface area contributed by atoms with Crippen molar-refractivity contribution in [2.45, 2.75) is 19.5 Å². The number of carbonyl (C=O) groups excluding carboxylic acids is 1. The van der Waals surface area contributed by atoms with Gasteiger partial charge < -0.3 is 20.0 Å². The molecule has 2 amide bonds. The van der Waals surface area contributed by atoms with Crippen LogP contribution < -0.4 is 5.32 Å². The monoisotopic (exact) mass is 370 g/mol. The lowest BCUT2D eigenvalue weighted by Gasteiger charge is -2.37. The van der Waals surface area contributed by atoms with E-state index in [2.05, 4.69) is 32.0 Å². The molecule has 0 spiro atoms. The van der Waals surface area contributed by atoms with E-state index >= 15 is 0 Å². The Kier molecular flexibility index (Phi) is 4.79. The number of nitrogens with one attached hydrogen (secondary N) is 1. The molecule has 3 heterocycles. The van der Waals surface area contributed by atoms with Gasteiger partial charge >= 0.3 is 6.03 Å². The van der Waals surface area contributed by atoms with Gasteiger partial charge in [0.1, 0.15) is 17.5 Å². The maximum absolute atomic E-state index is 13.2. The maximum Gasteiger partial charge on any atom is 0.317 e. The summed E-state index contributed by atoms with van der Waals surface area (Å²) >= 11 is 0. The second kappa shape index (κ2) is 7.38. The molecule has 1 fully saturated rings. The number of urea groups is 1. The van der Waals surface area contributed by atoms with Crippen LogP contribution in [0.5, 0.6) is 0 Å². The van der Waals surface area contributed by atoms with Crippen LogP contribution in [0.1, 0.15) is 12.5 Å². The van der Waals surface area contributed by atoms with E-state index in [-0.39, 0.29) is 11.8 Å². The summed E-state index contributed by atoms with van der Waals surface area (Å²) in [7, 11) is 0. The van der Waals surface area contributed by atoms with Crippen LogP contribution in [0.15, 0.2) is 46.1 Å². The summed E-state index contributed by atoms with van der Waals surface area (Å²) < 4.78 is 13.2. The van der Waals surface area contributed by atoms with Gasteiger partial charge in [0.15, 0.2) is 0 Å². The molecule has 8 heteroatoms. The lowest BCUT2D eigenvalue weighted by atomic mass is 10.2. The van der Waals surface area contributed by atoms with Crippen LogP contribution in [-0.4, -0.2) is 71.7 Å². The Bertz CT molecular complexity index is 812. The molecule has 142 valence electrons. The zero-order valence-corrected chi connectivity index (χ0v) is 15.3. The molecule has 1 aromatic rings. The predicted octanol–water partition coefficient (Wildman–Crippen LogP) is 1.64. The van der Waals surface area contributed by atoms with Crippen LogP contribution in [0.2, 0.25) is 0 Å². The third-order valence-electron chi connectivity index (χ3n) is 5.05. The van der Waals surface area contributed by atoms with Crippen LogP contribution in [0.3, 0.4) is 0 Å². The van der Waals surface area contributed by atoms with Crippen molar-refractivity contribution in [2.75, 3.05) is 32.7 Å². The summed E-state index contributed by atoms with van der Waals surface area (Å²) in [4.78, 5) is 27.5. The lowest BCUT2D eigenvalue weighted by Crippen LogP contribution is -2.51. The number of amidine groups is 1. The smallest absolute Gasteiger partial charge is 0.317 e. The number of fused-ring (bicyclic) bond motifs is 1. The highest BCUT2D eigenvalue weighted by Crippen LogP contribution is 2.19. The first-order valence-corrected chi connectivity index (χ1v) is 9.21. The molecule has 1 saturated heterocycles. The van der Waals surface area contributed by atoms with Crippen molar-refractivity contribution in [1.29, 1.82) is 0 Å². The Labute approximate surface area is 157 Å². The Morgan fingerprint density at radius 3 is 2.89 bits per heavy atom. The third kappa shape index (κ3) is 3.79. The van der Waals surface area contributed by atoms with Gasteiger partial charge in [0, 0.05) is 38.8 Å². The lowest BCUT2D eigenvalue weighted by molar-refractivity contribution is 0.156. The molecular formula is C19H23FN6O. The quantitative estimate of drug-likeness (QED) is 0.880. The largest absolute Gasteiger partial charge is 0.353 e. The van der Waals surface area contributed by atoms with Gasteiger partial charge in [-0.05, 0) is 24.6 Å². The van der Waals surface area contributed by atoms with E-state index in [1.54, 1.807) is 17.0 Å². The second-order valence-corrected chi connectivity index (χ2v) is 6.97. The maximum atomic E-state index is 13.2. The minimum atomic E-state index is -0.295. The third-order valence-corrected chi connectivity index (χ3v) is 5.05. The first-order valence-electron chi connectivity index (χ1n) is 9.21. The number of carbonyl (C=O) groups is 1. The number of halogens is 1. The highest BCUT2D eigenvalue weighted by molar-refractivity contribution is 6.03. The molecule has 1 N–H and O–H groups in total. The number of amides is 2. The molecule has 4 rings (SSSR count). The van der Waals surface area contributed by atoms with Crippen molar-refractivity contribution in [3.8, 4) is 0 Å². The first kappa shape index (κ1) is 17.5. The molecule has 0 radical (unpaired) electrons. The van der Waals surface area contributed by atoms with E-state index in [0.29, 0.717) is 25.7 Å². The van der Waals surface area contributed by atoms with E-state index in [0.717, 1.165) is 36.9 Å². The number of aliphatic imine (C=N–C) groups is 2. The van der Waals surface area contributed by atoms with Crippen molar-refractivity contribution in [1.82, 2.24) is 20.0 Å². The average Bonchev–Trinajstić information content (AvgIpc) is 3.06. The highest BCUT2D eigenvalue weighted by Gasteiger charge is 2.27. The van der Waals surface area contributed by atoms with Gasteiger partial charge in [0.05, 0.1) is 18.9 Å². The fourth-order valence-electron chi connectivity index (χ4n) is 3.44. The fourth-order valence-corrected chi connectivity index (χ4v) is 3.44. The van der Waals surface area contributed by atoms with E-state index in [9.17, 15) is 9.18 Å². The van der Waals surface area contributed by atoms with Crippen molar-refractivity contribution in [2.24, 2.45) is 9.98 Å². The van der Waals surface area contributed by atoms with E-state index in [1.807, 2.05) is 12.4 Å². The van der Waals surface area contributed by atoms with Gasteiger partial charge in [-0.25, -0.2) is 14.2 Å². The molecule has 3 aliphatic heterocycles. The molecule has 3 aliphatic rings. The number of benzene rings is 1. The topological polar surface area (TPSA) is 63.5 Å². The Hall–Kier alpha value is -2.90. The molecule has 0 aliphatic carbocycles. The zero-order valence-electron chi connectivity index (χ0n) is 15.3. The zero-order chi connectivity index (χ0) is 18.8. The fraction of sp³-hybridized carbons (Fsp3) is 0.421. The van der Waals surface area contributed by atoms with Crippen molar-refractivity contribution in [3.63, 3.8) is 0 Å². The standard InChI is InChI=1S/C19H23FN6O/c1-14-11-21-18-10-17(23-13-26(14)18)24-5-7-25(8-6-24)19(27)22-12-15-3-2-4-16(20)9-15/h2-4,9-10,13-14H,5-8,11-12H2,1H3,(H,22,27)/t14-/m0/s1. The summed E-state index contributed by atoms with van der Waals surface area (Å²) in [5.41, 5.74) is 0.750. The minimum Gasteiger partial charge on any atom is -0.353 e. The van der Waals surface area contributed by atoms with Gasteiger partial charge in [-0.3, -0.25) is 4.99 Å². The first-order chi connectivity index (χ1) is 13.1. The number of hydrogen-bond donors (Lipinski definition) is 1. The molecule has 1 aromatic carbocycles. The normalized spacial score (nSPS) is 21.7. The SMILES string of the molecule is C[C@H]1CN=C2C=C(N3CCN(C(=O)NCc4cccc(F)c4)CC3)N=CN21. The molecular weight excluding hydrogens is 347 g/mol. The van der Waals surface area contributed by atoms with Crippen LogP contribution in [0.4, 0.5) is 9.18 Å². The van der Waals surface area contributed by atoms with Gasteiger partial charge in [0.25, 0.3) is 0 Å². The van der Waals surface area contributed by atoms with E-state index in [1.165, 1.54) is 12.1 Å². The highest BCUT2D eigenvalue weighted by atomic mass is 19.1. The summed E-state index contributed by atoms with van der Waals surface area (Å²) in [6.45, 7) is 5.93. The second-order valence-electron chi connectivity index (χ2n) is 6.97. The minimum absolute atomic E-state index is 0.125. The summed E-state index contributed by atoms with van der Waals surface area (Å²) in [6.07, 6.45) is 3.87. The van der Waals surface area contributed by atoms with E-state index in [4.69, 9.17) is 0 Å². The predicted molar refractivity (Wildman–Crippen MR) is 102 cm³/mol. The van der Waals surface area contributed by atoms with Crippen LogP contribution in [0.25, 0.3) is 0 Å². The molecule has 0 unspecified atom stereocenters. The molecule has 1 atom stereocenters. The van der Waals surface area contributed by atoms with Crippen LogP contribution in [-0.2, 0) is 6.54 Å². The number of piperazine rings is 1. The van der Waals surface area contributed by atoms with Crippen LogP contribution >= 0.6 is 0 Å². The number of rotatable bonds is 3. The molecule has 0 saturated carbocycles. The Morgan fingerprint density at radius 1 is 1.30 bits per heavy atom. The van der Waals surface area contributed by atoms with Gasteiger partial charge in [-0.2, -0.15) is 0 Å². The van der Waals surface area contributed by atoms with Crippen LogP contribution in [0, 0.1) is 5.82 Å². The van der Waals surface area contributed by atoms with Gasteiger partial charge in [0.2, 0.25) is 0 Å².